The van der Waals surface area contributed by atoms with Crippen LogP contribution in [0.4, 0.5) is 11.4 Å². The summed E-state index contributed by atoms with van der Waals surface area (Å²) in [4.78, 5) is 0. The number of hydrogen-bond donors (Lipinski definition) is 2. The third kappa shape index (κ3) is 3.84. The Morgan fingerprint density at radius 1 is 1.47 bits per heavy atom. The number of hydrogen-bond acceptors (Lipinski definition) is 3. The van der Waals surface area contributed by atoms with Crippen LogP contribution in [0, 0.1) is 6.92 Å². The lowest BCUT2D eigenvalue weighted by Crippen LogP contribution is -2.04. The Morgan fingerprint density at radius 3 is 2.87 bits per heavy atom. The Hall–Kier alpha value is -0.540. The van der Waals surface area contributed by atoms with Gasteiger partial charge in [0.15, 0.2) is 0 Å². The van der Waals surface area contributed by atoms with Crippen LogP contribution in [-0.4, -0.2) is 18.6 Å². The molecule has 0 heterocycles. The molecule has 0 saturated carbocycles. The van der Waals surface area contributed by atoms with Crippen LogP contribution in [0.25, 0.3) is 0 Å². The highest BCUT2D eigenvalue weighted by Gasteiger charge is 2.02. The maximum atomic E-state index is 5.96. The first-order valence-electron chi connectivity index (χ1n) is 4.93. The average Bonchev–Trinajstić information content (AvgIpc) is 2.20. The lowest BCUT2D eigenvalue weighted by molar-refractivity contribution is 0.991. The summed E-state index contributed by atoms with van der Waals surface area (Å²) >= 11 is 7.82. The van der Waals surface area contributed by atoms with Crippen molar-refractivity contribution in [1.82, 2.24) is 0 Å². The predicted molar refractivity (Wildman–Crippen MR) is 72.1 cm³/mol. The van der Waals surface area contributed by atoms with Gasteiger partial charge in [-0.05, 0) is 43.0 Å². The molecule has 0 amide bonds. The number of halogens is 1. The predicted octanol–water partition coefficient (Wildman–Crippen LogP) is 3.40. The Kier molecular flexibility index (Phi) is 5.12. The Labute approximate surface area is 101 Å². The molecule has 15 heavy (non-hydrogen) atoms. The van der Waals surface area contributed by atoms with Crippen molar-refractivity contribution < 1.29 is 0 Å². The van der Waals surface area contributed by atoms with Crippen molar-refractivity contribution in [1.29, 1.82) is 0 Å². The van der Waals surface area contributed by atoms with Crippen molar-refractivity contribution in [2.24, 2.45) is 0 Å². The van der Waals surface area contributed by atoms with Crippen molar-refractivity contribution in [2.75, 3.05) is 29.6 Å². The summed E-state index contributed by atoms with van der Waals surface area (Å²) in [6.45, 7) is 3.01. The van der Waals surface area contributed by atoms with E-state index in [0.717, 1.165) is 24.2 Å². The van der Waals surface area contributed by atoms with E-state index in [4.69, 9.17) is 17.3 Å². The molecule has 0 aliphatic heterocycles. The highest BCUT2D eigenvalue weighted by Crippen LogP contribution is 2.26. The van der Waals surface area contributed by atoms with Gasteiger partial charge < -0.3 is 11.1 Å². The Balaban J connectivity index is 2.57. The highest BCUT2D eigenvalue weighted by molar-refractivity contribution is 7.98. The van der Waals surface area contributed by atoms with Gasteiger partial charge in [0.05, 0.1) is 10.7 Å². The molecule has 1 aromatic carbocycles. The van der Waals surface area contributed by atoms with Gasteiger partial charge in [0.2, 0.25) is 0 Å². The van der Waals surface area contributed by atoms with E-state index in [0.29, 0.717) is 10.7 Å². The number of aryl methyl sites for hydroxylation is 1. The topological polar surface area (TPSA) is 38.0 Å². The van der Waals surface area contributed by atoms with Crippen LogP contribution in [0.15, 0.2) is 12.1 Å². The molecule has 1 aromatic rings. The maximum Gasteiger partial charge on any atom is 0.0656 e. The van der Waals surface area contributed by atoms with E-state index >= 15 is 0 Å². The van der Waals surface area contributed by atoms with Gasteiger partial charge in [0.25, 0.3) is 0 Å². The van der Waals surface area contributed by atoms with Crippen molar-refractivity contribution in [3.8, 4) is 0 Å². The minimum absolute atomic E-state index is 0.618. The van der Waals surface area contributed by atoms with Crippen LogP contribution in [0.1, 0.15) is 12.0 Å². The van der Waals surface area contributed by atoms with E-state index in [1.165, 1.54) is 5.75 Å². The first kappa shape index (κ1) is 12.5. The maximum absolute atomic E-state index is 5.96. The van der Waals surface area contributed by atoms with Gasteiger partial charge in [0.1, 0.15) is 0 Å². The van der Waals surface area contributed by atoms with Gasteiger partial charge >= 0.3 is 0 Å². The van der Waals surface area contributed by atoms with Crippen LogP contribution >= 0.6 is 23.4 Å². The van der Waals surface area contributed by atoms with Crippen molar-refractivity contribution in [3.63, 3.8) is 0 Å². The van der Waals surface area contributed by atoms with Crippen molar-refractivity contribution >= 4 is 34.7 Å². The largest absolute Gasteiger partial charge is 0.398 e. The van der Waals surface area contributed by atoms with Crippen LogP contribution in [0.3, 0.4) is 0 Å². The van der Waals surface area contributed by atoms with E-state index in [2.05, 4.69) is 11.6 Å². The Morgan fingerprint density at radius 2 is 2.20 bits per heavy atom. The molecular formula is C11H17ClN2S. The van der Waals surface area contributed by atoms with Gasteiger partial charge in [-0.3, -0.25) is 0 Å². The van der Waals surface area contributed by atoms with Gasteiger partial charge in [-0.1, -0.05) is 11.6 Å². The van der Waals surface area contributed by atoms with E-state index in [1.54, 1.807) is 0 Å². The SMILES string of the molecule is CSCCCNc1cc(Cl)c(N)cc1C. The van der Waals surface area contributed by atoms with Gasteiger partial charge in [-0.15, -0.1) is 0 Å². The number of benzene rings is 1. The number of rotatable bonds is 5. The minimum Gasteiger partial charge on any atom is -0.398 e. The summed E-state index contributed by atoms with van der Waals surface area (Å²) in [7, 11) is 0. The average molecular weight is 245 g/mol. The first-order valence-corrected chi connectivity index (χ1v) is 6.70. The van der Waals surface area contributed by atoms with Gasteiger partial charge in [-0.2, -0.15) is 11.8 Å². The molecule has 4 heteroatoms. The van der Waals surface area contributed by atoms with Gasteiger partial charge in [-0.25, -0.2) is 0 Å². The fourth-order valence-corrected chi connectivity index (χ4v) is 1.93. The summed E-state index contributed by atoms with van der Waals surface area (Å²) in [5.41, 5.74) is 8.56. The molecule has 0 spiro atoms. The second-order valence-electron chi connectivity index (χ2n) is 3.46. The zero-order valence-electron chi connectivity index (χ0n) is 9.14. The third-order valence-electron chi connectivity index (χ3n) is 2.18. The molecule has 0 fully saturated rings. The normalized spacial score (nSPS) is 10.3. The summed E-state index contributed by atoms with van der Waals surface area (Å²) < 4.78 is 0. The summed E-state index contributed by atoms with van der Waals surface area (Å²) in [6, 6.07) is 3.80. The van der Waals surface area contributed by atoms with E-state index in [1.807, 2.05) is 30.8 Å². The summed E-state index contributed by atoms with van der Waals surface area (Å²) in [5.74, 6) is 1.18. The second kappa shape index (κ2) is 6.13. The molecule has 84 valence electrons. The lowest BCUT2D eigenvalue weighted by Gasteiger charge is -2.11. The van der Waals surface area contributed by atoms with Crippen molar-refractivity contribution in [3.05, 3.63) is 22.7 Å². The smallest absolute Gasteiger partial charge is 0.0656 e. The van der Waals surface area contributed by atoms with Crippen molar-refractivity contribution in [2.45, 2.75) is 13.3 Å². The first-order chi connectivity index (χ1) is 7.15. The fourth-order valence-electron chi connectivity index (χ4n) is 1.33. The molecule has 0 aliphatic rings. The van der Waals surface area contributed by atoms with E-state index < -0.39 is 0 Å². The molecule has 0 bridgehead atoms. The zero-order chi connectivity index (χ0) is 11.3. The van der Waals surface area contributed by atoms with Crippen LogP contribution in [0.5, 0.6) is 0 Å². The van der Waals surface area contributed by atoms with E-state index in [9.17, 15) is 0 Å². The zero-order valence-corrected chi connectivity index (χ0v) is 10.7. The molecule has 0 atom stereocenters. The lowest BCUT2D eigenvalue weighted by atomic mass is 10.2. The number of nitrogens with two attached hydrogens (primary N) is 1. The van der Waals surface area contributed by atoms with E-state index in [-0.39, 0.29) is 0 Å². The van der Waals surface area contributed by atoms with Gasteiger partial charge in [0, 0.05) is 12.2 Å². The van der Waals surface area contributed by atoms with Crippen LogP contribution in [0.2, 0.25) is 5.02 Å². The monoisotopic (exact) mass is 244 g/mol. The molecule has 0 unspecified atom stereocenters. The molecular weight excluding hydrogens is 228 g/mol. The number of nitrogen functional groups attached to an aromatic ring is 1. The quantitative estimate of drug-likeness (QED) is 0.616. The summed E-state index contributed by atoms with van der Waals surface area (Å²) in [6.07, 6.45) is 3.27. The Bertz CT molecular complexity index is 329. The minimum atomic E-state index is 0.618. The molecule has 0 saturated heterocycles. The molecule has 3 N–H and O–H groups in total. The molecule has 0 aromatic heterocycles. The number of anilines is 2. The number of nitrogens with one attached hydrogen (secondary N) is 1. The molecule has 1 rings (SSSR count). The molecule has 2 nitrogen and oxygen atoms in total. The fraction of sp³-hybridized carbons (Fsp3) is 0.455. The van der Waals surface area contributed by atoms with Crippen LogP contribution < -0.4 is 11.1 Å². The number of thioether (sulfide) groups is 1. The molecule has 0 radical (unpaired) electrons. The third-order valence-corrected chi connectivity index (χ3v) is 3.21. The second-order valence-corrected chi connectivity index (χ2v) is 4.85. The highest BCUT2D eigenvalue weighted by atomic mass is 35.5. The van der Waals surface area contributed by atoms with Crippen LogP contribution in [-0.2, 0) is 0 Å². The molecule has 0 aliphatic carbocycles. The summed E-state index contributed by atoms with van der Waals surface area (Å²) in [5, 5.41) is 3.98. The standard InChI is InChI=1S/C11H17ClN2S/c1-8-6-10(13)9(12)7-11(8)14-4-3-5-15-2/h6-7,14H,3-5,13H2,1-2H3.